The van der Waals surface area contributed by atoms with Crippen LogP contribution in [0.4, 0.5) is 13.2 Å². The minimum atomic E-state index is -4.70. The fourth-order valence-electron chi connectivity index (χ4n) is 5.77. The number of hydrogen-bond acceptors (Lipinski definition) is 1. The summed E-state index contributed by atoms with van der Waals surface area (Å²) in [6, 6.07) is 40.6. The van der Waals surface area contributed by atoms with Gasteiger partial charge in [-0.2, -0.15) is 13.2 Å². The second-order valence-electron chi connectivity index (χ2n) is 10.2. The van der Waals surface area contributed by atoms with Crippen molar-refractivity contribution in [3.8, 4) is 5.75 Å². The molecule has 0 saturated heterocycles. The first kappa shape index (κ1) is 27.8. The summed E-state index contributed by atoms with van der Waals surface area (Å²) in [7, 11) is -2.23. The molecule has 7 heteroatoms. The number of hydrogen-bond donors (Lipinski definition) is 0. The monoisotopic (exact) mass is 607 g/mol. The van der Waals surface area contributed by atoms with E-state index >= 15 is 0 Å². The minimum absolute atomic E-state index is 0.111. The largest absolute Gasteiger partial charge is 0.472 e. The van der Waals surface area contributed by atoms with Gasteiger partial charge in [-0.05, 0) is 77.9 Å². The zero-order valence-electron chi connectivity index (χ0n) is 21.8. The molecule has 0 N–H and O–H groups in total. The highest BCUT2D eigenvalue weighted by Crippen LogP contribution is 2.59. The predicted octanol–water partition coefficient (Wildman–Crippen LogP) is 8.88. The summed E-state index contributed by atoms with van der Waals surface area (Å²) in [5.41, 5.74) is -1.24. The number of halogens is 5. The Morgan fingerprint density at radius 2 is 1.15 bits per heavy atom. The lowest BCUT2D eigenvalue weighted by Crippen LogP contribution is -2.46. The molecule has 5 aromatic rings. The third-order valence-corrected chi connectivity index (χ3v) is 12.5. The number of alkyl halides is 3. The molecule has 1 atom stereocenters. The van der Waals surface area contributed by atoms with Gasteiger partial charge >= 0.3 is 6.18 Å². The Bertz CT molecular complexity index is 1560. The fraction of sp³-hybridized carbons (Fsp3) is 0.118. The third-order valence-electron chi connectivity index (χ3n) is 7.65. The van der Waals surface area contributed by atoms with E-state index in [1.54, 1.807) is 6.07 Å². The van der Waals surface area contributed by atoms with Gasteiger partial charge in [0.25, 0.3) is 0 Å². The lowest BCUT2D eigenvalue weighted by atomic mass is 9.88. The van der Waals surface area contributed by atoms with E-state index < -0.39 is 19.0 Å². The standard InChI is InChI=1S/C34H25Cl2F3OP/c35-27-19-26(20-28(36)21-27)33(34(37,38)39)22-25-18-24(16-17-32(25)40-33)23-41(29-10-4-1-5-11-29,30-12-6-2-7-13-30)31-14-8-3-9-15-31/h1-21H,22-23H2/q+1. The van der Waals surface area contributed by atoms with Crippen molar-refractivity contribution in [3.05, 3.63) is 154 Å². The minimum Gasteiger partial charge on any atom is -0.472 e. The highest BCUT2D eigenvalue weighted by Gasteiger charge is 2.61. The normalized spacial score (nSPS) is 16.7. The zero-order valence-corrected chi connectivity index (χ0v) is 24.2. The Kier molecular flexibility index (Phi) is 7.36. The van der Waals surface area contributed by atoms with E-state index in [0.29, 0.717) is 11.7 Å². The van der Waals surface area contributed by atoms with E-state index in [0.717, 1.165) is 5.56 Å². The van der Waals surface area contributed by atoms with Crippen LogP contribution in [0.2, 0.25) is 10.0 Å². The van der Waals surface area contributed by atoms with Crippen LogP contribution >= 0.6 is 30.5 Å². The molecule has 1 unspecified atom stereocenters. The summed E-state index contributed by atoms with van der Waals surface area (Å²) < 4.78 is 50.0. The molecule has 1 nitrogen and oxygen atoms in total. The first-order chi connectivity index (χ1) is 19.7. The molecule has 0 spiro atoms. The molecule has 6 rings (SSSR count). The Labute approximate surface area is 247 Å². The van der Waals surface area contributed by atoms with E-state index in [-0.39, 0.29) is 27.8 Å². The molecule has 0 radical (unpaired) electrons. The second-order valence-corrected chi connectivity index (χ2v) is 14.5. The van der Waals surface area contributed by atoms with Crippen molar-refractivity contribution >= 4 is 46.4 Å². The summed E-state index contributed by atoms with van der Waals surface area (Å²) >= 11 is 12.2. The van der Waals surface area contributed by atoms with E-state index in [2.05, 4.69) is 36.4 Å². The van der Waals surface area contributed by atoms with Crippen molar-refractivity contribution in [2.24, 2.45) is 0 Å². The lowest BCUT2D eigenvalue weighted by Gasteiger charge is -2.31. The molecule has 0 saturated carbocycles. The Morgan fingerprint density at radius 1 is 0.659 bits per heavy atom. The molecule has 206 valence electrons. The van der Waals surface area contributed by atoms with Crippen molar-refractivity contribution in [3.63, 3.8) is 0 Å². The van der Waals surface area contributed by atoms with Crippen LogP contribution in [0.25, 0.3) is 0 Å². The lowest BCUT2D eigenvalue weighted by molar-refractivity contribution is -0.248. The van der Waals surface area contributed by atoms with Crippen molar-refractivity contribution in [1.29, 1.82) is 0 Å². The molecule has 0 bridgehead atoms. The molecule has 1 aliphatic heterocycles. The molecular formula is C34H25Cl2F3OP+. The van der Waals surface area contributed by atoms with Gasteiger partial charge in [-0.25, -0.2) is 0 Å². The molecule has 0 aliphatic carbocycles. The van der Waals surface area contributed by atoms with Gasteiger partial charge in [-0.3, -0.25) is 0 Å². The predicted molar refractivity (Wildman–Crippen MR) is 164 cm³/mol. The topological polar surface area (TPSA) is 9.23 Å². The first-order valence-electron chi connectivity index (χ1n) is 13.1. The number of rotatable bonds is 6. The molecule has 0 fully saturated rings. The average Bonchev–Trinajstić information content (AvgIpc) is 3.38. The van der Waals surface area contributed by atoms with Gasteiger partial charge in [-0.15, -0.1) is 0 Å². The van der Waals surface area contributed by atoms with Gasteiger partial charge in [-0.1, -0.05) is 83.9 Å². The third kappa shape index (κ3) is 5.03. The summed E-state index contributed by atoms with van der Waals surface area (Å²) in [6.45, 7) is 0. The van der Waals surface area contributed by atoms with Gasteiger partial charge in [0.15, 0.2) is 0 Å². The quantitative estimate of drug-likeness (QED) is 0.175. The van der Waals surface area contributed by atoms with E-state index in [1.807, 2.05) is 66.7 Å². The first-order valence-corrected chi connectivity index (χ1v) is 15.8. The van der Waals surface area contributed by atoms with Gasteiger partial charge in [0, 0.05) is 22.0 Å². The number of fused-ring (bicyclic) bond motifs is 1. The van der Waals surface area contributed by atoms with Crippen LogP contribution in [-0.4, -0.2) is 6.18 Å². The van der Waals surface area contributed by atoms with Crippen LogP contribution in [0.5, 0.6) is 5.75 Å². The molecule has 0 amide bonds. The highest BCUT2D eigenvalue weighted by molar-refractivity contribution is 7.95. The zero-order chi connectivity index (χ0) is 28.7. The maximum absolute atomic E-state index is 14.8. The van der Waals surface area contributed by atoms with Crippen LogP contribution in [0.1, 0.15) is 16.7 Å². The van der Waals surface area contributed by atoms with Gasteiger partial charge in [0.05, 0.1) is 6.16 Å². The van der Waals surface area contributed by atoms with Crippen molar-refractivity contribution in [2.45, 2.75) is 24.4 Å². The van der Waals surface area contributed by atoms with Gasteiger partial charge < -0.3 is 4.74 Å². The van der Waals surface area contributed by atoms with Crippen LogP contribution < -0.4 is 20.7 Å². The van der Waals surface area contributed by atoms with Crippen LogP contribution in [0, 0.1) is 0 Å². The molecular weight excluding hydrogens is 583 g/mol. The highest BCUT2D eigenvalue weighted by atomic mass is 35.5. The van der Waals surface area contributed by atoms with Gasteiger partial charge in [0.2, 0.25) is 5.60 Å². The summed E-state index contributed by atoms with van der Waals surface area (Å²) in [5, 5.41) is 3.85. The second kappa shape index (κ2) is 10.8. The number of ether oxygens (including phenoxy) is 1. The molecule has 0 aromatic heterocycles. The van der Waals surface area contributed by atoms with E-state index in [9.17, 15) is 13.2 Å². The van der Waals surface area contributed by atoms with Crippen molar-refractivity contribution in [2.75, 3.05) is 0 Å². The van der Waals surface area contributed by atoms with E-state index in [4.69, 9.17) is 27.9 Å². The molecule has 1 heterocycles. The Hall–Kier alpha value is -3.30. The van der Waals surface area contributed by atoms with Gasteiger partial charge in [0.1, 0.15) is 28.9 Å². The molecule has 41 heavy (non-hydrogen) atoms. The van der Waals surface area contributed by atoms with Crippen LogP contribution in [0.3, 0.4) is 0 Å². The number of benzene rings is 5. The summed E-state index contributed by atoms with van der Waals surface area (Å²) in [4.78, 5) is 0. The molecule has 5 aromatic carbocycles. The smallest absolute Gasteiger partial charge is 0.432 e. The average molecular weight is 608 g/mol. The Morgan fingerprint density at radius 3 is 1.61 bits per heavy atom. The van der Waals surface area contributed by atoms with Crippen molar-refractivity contribution < 1.29 is 17.9 Å². The van der Waals surface area contributed by atoms with Crippen molar-refractivity contribution in [1.82, 2.24) is 0 Å². The maximum Gasteiger partial charge on any atom is 0.432 e. The van der Waals surface area contributed by atoms with Crippen LogP contribution in [-0.2, 0) is 18.2 Å². The van der Waals surface area contributed by atoms with E-state index in [1.165, 1.54) is 34.1 Å². The SMILES string of the molecule is FC(F)(F)C1(c2cc(Cl)cc(Cl)c2)Cc2cc(C[P+](c3ccccc3)(c3ccccc3)c3ccccc3)ccc2O1. The molecule has 1 aliphatic rings. The Balaban J connectivity index is 1.48. The summed E-state index contributed by atoms with van der Waals surface area (Å²) in [5.74, 6) is 0.213. The fourth-order valence-corrected chi connectivity index (χ4v) is 10.5. The maximum atomic E-state index is 14.8. The van der Waals surface area contributed by atoms with Crippen LogP contribution in [0.15, 0.2) is 127 Å². The summed E-state index contributed by atoms with van der Waals surface area (Å²) in [6.07, 6.45) is -4.43.